The predicted octanol–water partition coefficient (Wildman–Crippen LogP) is 2.53. The second-order valence-electron chi connectivity index (χ2n) is 5.42. The SMILES string of the molecule is CCOC(=O)C(=N)/C=C(\NC)Nc1ncc(OCc2c(F)ccc(F)c2F)cn1. The van der Waals surface area contributed by atoms with Crippen LogP contribution >= 0.6 is 0 Å². The minimum Gasteiger partial charge on any atom is -0.485 e. The van der Waals surface area contributed by atoms with Gasteiger partial charge in [0.15, 0.2) is 17.4 Å². The van der Waals surface area contributed by atoms with Gasteiger partial charge in [-0.15, -0.1) is 0 Å². The van der Waals surface area contributed by atoms with Crippen molar-refractivity contribution in [3.05, 3.63) is 59.4 Å². The van der Waals surface area contributed by atoms with E-state index in [4.69, 9.17) is 14.9 Å². The molecule has 0 aliphatic heterocycles. The van der Waals surface area contributed by atoms with Gasteiger partial charge in [-0.3, -0.25) is 5.41 Å². The van der Waals surface area contributed by atoms with Crippen LogP contribution in [0.3, 0.4) is 0 Å². The van der Waals surface area contributed by atoms with Crippen LogP contribution in [0.2, 0.25) is 0 Å². The number of halogens is 3. The van der Waals surface area contributed by atoms with Crippen LogP contribution < -0.4 is 15.4 Å². The van der Waals surface area contributed by atoms with Crippen LogP contribution in [0.15, 0.2) is 36.4 Å². The Morgan fingerprint density at radius 1 is 1.21 bits per heavy atom. The molecule has 0 saturated heterocycles. The molecule has 2 aromatic rings. The second kappa shape index (κ2) is 10.1. The van der Waals surface area contributed by atoms with Crippen LogP contribution in [0.25, 0.3) is 0 Å². The van der Waals surface area contributed by atoms with Crippen molar-refractivity contribution < 1.29 is 27.4 Å². The molecule has 0 amide bonds. The average molecular weight is 409 g/mol. The molecule has 0 unspecified atom stereocenters. The number of rotatable bonds is 9. The van der Waals surface area contributed by atoms with Crippen LogP contribution in [0, 0.1) is 22.9 Å². The highest BCUT2D eigenvalue weighted by Crippen LogP contribution is 2.18. The standard InChI is InChI=1S/C18H18F3N5O3/c1-3-28-17(27)14(22)6-15(23-2)26-18-24-7-10(8-25-18)29-9-11-12(19)4-5-13(20)16(11)21/h4-8,22-23H,3,9H2,1-2H3,(H,24,25,26)/b15-6+,22-14?. The zero-order chi connectivity index (χ0) is 21.4. The molecule has 0 spiro atoms. The van der Waals surface area contributed by atoms with E-state index in [9.17, 15) is 18.0 Å². The number of nitrogens with one attached hydrogen (secondary N) is 3. The van der Waals surface area contributed by atoms with E-state index in [0.29, 0.717) is 6.07 Å². The smallest absolute Gasteiger partial charge is 0.356 e. The van der Waals surface area contributed by atoms with Crippen LogP contribution in [-0.4, -0.2) is 35.3 Å². The highest BCUT2D eigenvalue weighted by atomic mass is 19.2. The van der Waals surface area contributed by atoms with Crippen molar-refractivity contribution in [1.82, 2.24) is 15.3 Å². The first-order valence-electron chi connectivity index (χ1n) is 8.35. The number of benzene rings is 1. The van der Waals surface area contributed by atoms with Crippen molar-refractivity contribution >= 4 is 17.6 Å². The molecule has 2 rings (SSSR count). The van der Waals surface area contributed by atoms with Gasteiger partial charge in [0.25, 0.3) is 0 Å². The maximum absolute atomic E-state index is 13.6. The highest BCUT2D eigenvalue weighted by molar-refractivity contribution is 6.39. The first kappa shape index (κ1) is 21.7. The summed E-state index contributed by atoms with van der Waals surface area (Å²) in [5.41, 5.74) is -0.937. The summed E-state index contributed by atoms with van der Waals surface area (Å²) >= 11 is 0. The van der Waals surface area contributed by atoms with Crippen LogP contribution in [0.5, 0.6) is 5.75 Å². The molecule has 3 N–H and O–H groups in total. The highest BCUT2D eigenvalue weighted by Gasteiger charge is 2.15. The zero-order valence-corrected chi connectivity index (χ0v) is 15.6. The molecule has 11 heteroatoms. The Morgan fingerprint density at radius 2 is 1.86 bits per heavy atom. The summed E-state index contributed by atoms with van der Waals surface area (Å²) in [6.45, 7) is 1.22. The van der Waals surface area contributed by atoms with Crippen molar-refractivity contribution in [1.29, 1.82) is 5.41 Å². The first-order valence-corrected chi connectivity index (χ1v) is 8.35. The number of carbonyl (C=O) groups is 1. The fourth-order valence-electron chi connectivity index (χ4n) is 2.02. The molecule has 8 nitrogen and oxygen atoms in total. The molecule has 0 radical (unpaired) electrons. The third-order valence-corrected chi connectivity index (χ3v) is 3.45. The van der Waals surface area contributed by atoms with Gasteiger partial charge in [0.1, 0.15) is 24.0 Å². The number of aromatic nitrogens is 2. The summed E-state index contributed by atoms with van der Waals surface area (Å²) in [5.74, 6) is -3.79. The van der Waals surface area contributed by atoms with Crippen molar-refractivity contribution in [3.63, 3.8) is 0 Å². The van der Waals surface area contributed by atoms with E-state index in [0.717, 1.165) is 6.07 Å². The molecule has 0 atom stereocenters. The van der Waals surface area contributed by atoms with E-state index in [1.807, 2.05) is 0 Å². The van der Waals surface area contributed by atoms with Crippen molar-refractivity contribution in [2.24, 2.45) is 0 Å². The lowest BCUT2D eigenvalue weighted by Crippen LogP contribution is -2.21. The number of hydrogen-bond acceptors (Lipinski definition) is 8. The lowest BCUT2D eigenvalue weighted by molar-refractivity contribution is -0.135. The Balaban J connectivity index is 2.02. The molecule has 0 saturated carbocycles. The molecule has 154 valence electrons. The van der Waals surface area contributed by atoms with E-state index < -0.39 is 35.6 Å². The minimum atomic E-state index is -1.32. The summed E-state index contributed by atoms with van der Waals surface area (Å²) in [4.78, 5) is 19.4. The van der Waals surface area contributed by atoms with Crippen LogP contribution in [0.4, 0.5) is 19.1 Å². The minimum absolute atomic E-state index is 0.0906. The molecular formula is C18H18F3N5O3. The van der Waals surface area contributed by atoms with Gasteiger partial charge in [-0.05, 0) is 19.1 Å². The molecule has 0 aliphatic rings. The Kier molecular flexibility index (Phi) is 7.52. The van der Waals surface area contributed by atoms with Crippen molar-refractivity contribution in [3.8, 4) is 5.75 Å². The number of carbonyl (C=O) groups excluding carboxylic acids is 1. The summed E-state index contributed by atoms with van der Waals surface area (Å²) in [5, 5.41) is 13.1. The van der Waals surface area contributed by atoms with Gasteiger partial charge in [-0.1, -0.05) is 0 Å². The summed E-state index contributed by atoms with van der Waals surface area (Å²) < 4.78 is 50.3. The fourth-order valence-corrected chi connectivity index (χ4v) is 2.02. The quantitative estimate of drug-likeness (QED) is 0.332. The lowest BCUT2D eigenvalue weighted by atomic mass is 10.2. The van der Waals surface area contributed by atoms with E-state index in [-0.39, 0.29) is 29.8 Å². The number of hydrogen-bond donors (Lipinski definition) is 3. The number of nitrogens with zero attached hydrogens (tertiary/aromatic N) is 2. The van der Waals surface area contributed by atoms with Gasteiger partial charge in [0.05, 0.1) is 24.6 Å². The van der Waals surface area contributed by atoms with E-state index in [1.165, 1.54) is 18.5 Å². The van der Waals surface area contributed by atoms with Gasteiger partial charge in [-0.25, -0.2) is 27.9 Å². The predicted molar refractivity (Wildman–Crippen MR) is 97.8 cm³/mol. The maximum atomic E-state index is 13.6. The molecule has 29 heavy (non-hydrogen) atoms. The fraction of sp³-hybridized carbons (Fsp3) is 0.222. The lowest BCUT2D eigenvalue weighted by Gasteiger charge is -2.11. The van der Waals surface area contributed by atoms with Crippen LogP contribution in [0.1, 0.15) is 12.5 Å². The monoisotopic (exact) mass is 409 g/mol. The summed E-state index contributed by atoms with van der Waals surface area (Å²) in [6, 6.07) is 1.49. The van der Waals surface area contributed by atoms with E-state index in [1.54, 1.807) is 14.0 Å². The average Bonchev–Trinajstić information content (AvgIpc) is 2.71. The third-order valence-electron chi connectivity index (χ3n) is 3.45. The molecule has 0 aliphatic carbocycles. The van der Waals surface area contributed by atoms with E-state index >= 15 is 0 Å². The Bertz CT molecular complexity index is 920. The number of ether oxygens (including phenoxy) is 2. The topological polar surface area (TPSA) is 109 Å². The second-order valence-corrected chi connectivity index (χ2v) is 5.42. The molecule has 0 bridgehead atoms. The van der Waals surface area contributed by atoms with Crippen molar-refractivity contribution in [2.75, 3.05) is 19.0 Å². The maximum Gasteiger partial charge on any atom is 0.356 e. The van der Waals surface area contributed by atoms with Crippen molar-refractivity contribution in [2.45, 2.75) is 13.5 Å². The zero-order valence-electron chi connectivity index (χ0n) is 15.6. The van der Waals surface area contributed by atoms with Gasteiger partial charge < -0.3 is 20.1 Å². The number of anilines is 1. The van der Waals surface area contributed by atoms with Crippen LogP contribution in [-0.2, 0) is 16.1 Å². The Labute approximate surface area is 164 Å². The molecular weight excluding hydrogens is 391 g/mol. The molecule has 1 aromatic carbocycles. The van der Waals surface area contributed by atoms with Gasteiger partial charge in [0.2, 0.25) is 5.95 Å². The first-order chi connectivity index (χ1) is 13.8. The Morgan fingerprint density at radius 3 is 2.48 bits per heavy atom. The van der Waals surface area contributed by atoms with Gasteiger partial charge in [-0.2, -0.15) is 0 Å². The van der Waals surface area contributed by atoms with E-state index in [2.05, 4.69) is 20.6 Å². The van der Waals surface area contributed by atoms with Gasteiger partial charge >= 0.3 is 5.97 Å². The largest absolute Gasteiger partial charge is 0.485 e. The summed E-state index contributed by atoms with van der Waals surface area (Å²) in [7, 11) is 1.55. The molecule has 0 fully saturated rings. The third kappa shape index (κ3) is 5.92. The molecule has 1 aromatic heterocycles. The Hall–Kier alpha value is -3.63. The van der Waals surface area contributed by atoms with Gasteiger partial charge in [0, 0.05) is 13.1 Å². The number of esters is 1. The normalized spacial score (nSPS) is 11.0. The molecule has 1 heterocycles. The summed E-state index contributed by atoms with van der Waals surface area (Å²) in [6.07, 6.45) is 3.66.